The number of thioether (sulfide) groups is 1. The third kappa shape index (κ3) is 8.06. The van der Waals surface area contributed by atoms with Crippen molar-refractivity contribution in [1.29, 1.82) is 0 Å². The Morgan fingerprint density at radius 3 is 2.52 bits per heavy atom. The zero-order valence-electron chi connectivity index (χ0n) is 12.6. The molecule has 1 aliphatic heterocycles. The van der Waals surface area contributed by atoms with Crippen LogP contribution in [0.15, 0.2) is 28.7 Å². The van der Waals surface area contributed by atoms with Crippen LogP contribution in [0.5, 0.6) is 0 Å². The highest BCUT2D eigenvalue weighted by atomic mass is 79.9. The Bertz CT molecular complexity index is 512. The minimum atomic E-state index is -0.0479. The monoisotopic (exact) mass is 421 g/mol. The summed E-state index contributed by atoms with van der Waals surface area (Å²) in [6.07, 6.45) is 0.455. The van der Waals surface area contributed by atoms with Gasteiger partial charge in [0.1, 0.15) is 0 Å². The van der Waals surface area contributed by atoms with Crippen molar-refractivity contribution >= 4 is 57.6 Å². The lowest BCUT2D eigenvalue weighted by Crippen LogP contribution is -2.48. The highest BCUT2D eigenvalue weighted by molar-refractivity contribution is 9.10. The van der Waals surface area contributed by atoms with E-state index in [1.165, 1.54) is 11.8 Å². The molecule has 2 amide bonds. The molecule has 128 valence electrons. The predicted octanol–water partition coefficient (Wildman–Crippen LogP) is 2.27. The van der Waals surface area contributed by atoms with Gasteiger partial charge in [-0.3, -0.25) is 9.59 Å². The smallest absolute Gasteiger partial charge is 0.234 e. The molecule has 1 aromatic carbocycles. The molecule has 0 unspecified atom stereocenters. The van der Waals surface area contributed by atoms with Crippen LogP contribution in [0.1, 0.15) is 6.42 Å². The summed E-state index contributed by atoms with van der Waals surface area (Å²) in [7, 11) is 0. The van der Waals surface area contributed by atoms with Gasteiger partial charge in [-0.1, -0.05) is 15.9 Å². The van der Waals surface area contributed by atoms with E-state index >= 15 is 0 Å². The molecule has 0 spiro atoms. The fourth-order valence-electron chi connectivity index (χ4n) is 1.90. The number of halogens is 2. The molecule has 5 nitrogen and oxygen atoms in total. The third-order valence-corrected chi connectivity index (χ3v) is 4.78. The molecule has 0 atom stereocenters. The third-order valence-electron chi connectivity index (χ3n) is 3.29. The Kier molecular flexibility index (Phi) is 9.62. The van der Waals surface area contributed by atoms with Crippen LogP contribution in [-0.2, 0) is 9.59 Å². The number of carbonyl (C=O) groups excluding carboxylic acids is 2. The normalized spacial score (nSPS) is 13.6. The number of hydrogen-bond acceptors (Lipinski definition) is 4. The van der Waals surface area contributed by atoms with E-state index in [0.29, 0.717) is 23.8 Å². The lowest BCUT2D eigenvalue weighted by atomic mass is 10.0. The van der Waals surface area contributed by atoms with Gasteiger partial charge >= 0.3 is 0 Å². The van der Waals surface area contributed by atoms with Crippen LogP contribution in [0.3, 0.4) is 0 Å². The van der Waals surface area contributed by atoms with Crippen LogP contribution in [0.2, 0.25) is 0 Å². The zero-order valence-corrected chi connectivity index (χ0v) is 15.9. The van der Waals surface area contributed by atoms with Gasteiger partial charge in [0, 0.05) is 47.9 Å². The molecule has 1 aromatic rings. The van der Waals surface area contributed by atoms with Crippen molar-refractivity contribution in [2.24, 2.45) is 5.92 Å². The first-order valence-corrected chi connectivity index (χ1v) is 9.19. The number of amides is 2. The Labute approximate surface area is 155 Å². The first-order chi connectivity index (χ1) is 10.6. The largest absolute Gasteiger partial charge is 0.356 e. The average Bonchev–Trinajstić information content (AvgIpc) is 2.44. The summed E-state index contributed by atoms with van der Waals surface area (Å²) in [5, 5.41) is 8.92. The fraction of sp³-hybridized carbons (Fsp3) is 0.467. The van der Waals surface area contributed by atoms with Crippen molar-refractivity contribution < 1.29 is 9.59 Å². The number of nitrogens with one attached hydrogen (secondary N) is 3. The Morgan fingerprint density at radius 2 is 1.91 bits per heavy atom. The van der Waals surface area contributed by atoms with Gasteiger partial charge in [0.15, 0.2) is 0 Å². The van der Waals surface area contributed by atoms with Gasteiger partial charge in [-0.2, -0.15) is 11.8 Å². The lowest BCUT2D eigenvalue weighted by Gasteiger charge is -2.27. The summed E-state index contributed by atoms with van der Waals surface area (Å²) >= 11 is 4.82. The number of anilines is 1. The van der Waals surface area contributed by atoms with E-state index in [0.717, 1.165) is 29.8 Å². The summed E-state index contributed by atoms with van der Waals surface area (Å²) in [6, 6.07) is 7.44. The Morgan fingerprint density at radius 1 is 1.22 bits per heavy atom. The number of rotatable bonds is 8. The number of carbonyl (C=O) groups is 2. The van der Waals surface area contributed by atoms with E-state index in [9.17, 15) is 9.59 Å². The molecule has 3 N–H and O–H groups in total. The van der Waals surface area contributed by atoms with Crippen molar-refractivity contribution in [3.8, 4) is 0 Å². The van der Waals surface area contributed by atoms with Gasteiger partial charge in [0.25, 0.3) is 0 Å². The molecule has 0 aliphatic carbocycles. The standard InChI is InChI=1S/C15H20BrN3O2S.ClH/c16-12-1-3-13(4-2-12)19-15(21)10-22-6-5-14(20)18-9-11-7-17-8-11;/h1-4,11,17H,5-10H2,(H,18,20)(H,19,21);1H. The van der Waals surface area contributed by atoms with Crippen molar-refractivity contribution in [3.05, 3.63) is 28.7 Å². The summed E-state index contributed by atoms with van der Waals surface area (Å²) in [5.41, 5.74) is 0.778. The van der Waals surface area contributed by atoms with Crippen molar-refractivity contribution in [1.82, 2.24) is 10.6 Å². The van der Waals surface area contributed by atoms with Gasteiger partial charge in [0.2, 0.25) is 11.8 Å². The van der Waals surface area contributed by atoms with Crippen molar-refractivity contribution in [3.63, 3.8) is 0 Å². The van der Waals surface area contributed by atoms with Gasteiger partial charge in [-0.05, 0) is 24.3 Å². The molecule has 8 heteroatoms. The quantitative estimate of drug-likeness (QED) is 0.562. The van der Waals surface area contributed by atoms with Crippen LogP contribution >= 0.6 is 40.1 Å². The van der Waals surface area contributed by atoms with Crippen LogP contribution < -0.4 is 16.0 Å². The van der Waals surface area contributed by atoms with Crippen LogP contribution in [0, 0.1) is 5.92 Å². The van der Waals surface area contributed by atoms with Gasteiger partial charge in [0.05, 0.1) is 5.75 Å². The van der Waals surface area contributed by atoms with Gasteiger partial charge in [-0.25, -0.2) is 0 Å². The van der Waals surface area contributed by atoms with Crippen LogP contribution in [-0.4, -0.2) is 43.0 Å². The molecule has 2 rings (SSSR count). The second kappa shape index (κ2) is 10.9. The van der Waals surface area contributed by atoms with E-state index < -0.39 is 0 Å². The summed E-state index contributed by atoms with van der Waals surface area (Å²) in [5.74, 6) is 1.60. The molecule has 0 radical (unpaired) electrons. The molecule has 1 fully saturated rings. The minimum Gasteiger partial charge on any atom is -0.356 e. The highest BCUT2D eigenvalue weighted by Crippen LogP contribution is 2.14. The molecule has 23 heavy (non-hydrogen) atoms. The van der Waals surface area contributed by atoms with E-state index in [-0.39, 0.29) is 24.2 Å². The molecule has 1 aliphatic rings. The Hall–Kier alpha value is -0.760. The van der Waals surface area contributed by atoms with E-state index in [1.807, 2.05) is 24.3 Å². The van der Waals surface area contributed by atoms with Crippen molar-refractivity contribution in [2.75, 3.05) is 36.5 Å². The SMILES string of the molecule is Cl.O=C(CCSCC(=O)Nc1ccc(Br)cc1)NCC1CNC1. The number of hydrogen-bond donors (Lipinski definition) is 3. The van der Waals surface area contributed by atoms with E-state index in [4.69, 9.17) is 0 Å². The van der Waals surface area contributed by atoms with Crippen LogP contribution in [0.4, 0.5) is 5.69 Å². The molecule has 0 saturated carbocycles. The maximum atomic E-state index is 11.8. The van der Waals surface area contributed by atoms with E-state index in [2.05, 4.69) is 31.9 Å². The second-order valence-electron chi connectivity index (χ2n) is 5.19. The number of benzene rings is 1. The summed E-state index contributed by atoms with van der Waals surface area (Å²) in [6.45, 7) is 2.73. The fourth-order valence-corrected chi connectivity index (χ4v) is 2.90. The van der Waals surface area contributed by atoms with Gasteiger partial charge in [-0.15, -0.1) is 12.4 Å². The summed E-state index contributed by atoms with van der Waals surface area (Å²) in [4.78, 5) is 23.4. The molecule has 0 aromatic heterocycles. The topological polar surface area (TPSA) is 70.2 Å². The highest BCUT2D eigenvalue weighted by Gasteiger charge is 2.16. The second-order valence-corrected chi connectivity index (χ2v) is 7.21. The maximum Gasteiger partial charge on any atom is 0.234 e. The predicted molar refractivity (Wildman–Crippen MR) is 101 cm³/mol. The van der Waals surface area contributed by atoms with Gasteiger partial charge < -0.3 is 16.0 Å². The first-order valence-electron chi connectivity index (χ1n) is 7.24. The maximum absolute atomic E-state index is 11.8. The Balaban J connectivity index is 0.00000264. The van der Waals surface area contributed by atoms with Crippen LogP contribution in [0.25, 0.3) is 0 Å². The molecule has 1 heterocycles. The average molecular weight is 423 g/mol. The summed E-state index contributed by atoms with van der Waals surface area (Å²) < 4.78 is 0.976. The molecule has 0 bridgehead atoms. The first kappa shape index (κ1) is 20.3. The lowest BCUT2D eigenvalue weighted by molar-refractivity contribution is -0.121. The molecule has 1 saturated heterocycles. The molecular weight excluding hydrogens is 402 g/mol. The van der Waals surface area contributed by atoms with E-state index in [1.54, 1.807) is 0 Å². The zero-order chi connectivity index (χ0) is 15.8. The molecular formula is C15H21BrClN3O2S. The van der Waals surface area contributed by atoms with Crippen molar-refractivity contribution in [2.45, 2.75) is 6.42 Å². The minimum absolute atomic E-state index is 0.